The molecule has 1 aliphatic heterocycles. The topological polar surface area (TPSA) is 103 Å². The Labute approximate surface area is 286 Å². The van der Waals surface area contributed by atoms with Crippen LogP contribution in [0.15, 0.2) is 80.8 Å². The van der Waals surface area contributed by atoms with Gasteiger partial charge in [0.05, 0.1) is 11.4 Å². The third-order valence-corrected chi connectivity index (χ3v) is 7.49. The Kier molecular flexibility index (Phi) is 8.87. The minimum atomic E-state index is -0.595. The summed E-state index contributed by atoms with van der Waals surface area (Å²) in [6.07, 6.45) is 2.90. The van der Waals surface area contributed by atoms with Crippen molar-refractivity contribution in [3.05, 3.63) is 116 Å². The molecule has 0 unspecified atom stereocenters. The molecule has 42 heavy (non-hydrogen) atoms. The van der Waals surface area contributed by atoms with E-state index in [1.165, 1.54) is 0 Å². The number of hydrogen-bond acceptors (Lipinski definition) is 6. The van der Waals surface area contributed by atoms with Crippen LogP contribution in [-0.2, 0) is 19.3 Å². The van der Waals surface area contributed by atoms with Gasteiger partial charge in [-0.3, -0.25) is 18.9 Å². The molecule has 3 heterocycles. The van der Waals surface area contributed by atoms with Crippen molar-refractivity contribution >= 4 is 51.4 Å². The Morgan fingerprint density at radius 3 is 2.43 bits per heavy atom. The molecule has 6 rings (SSSR count). The van der Waals surface area contributed by atoms with Crippen LogP contribution in [0.3, 0.4) is 0 Å². The van der Waals surface area contributed by atoms with Crippen LogP contribution >= 0.6 is 0 Å². The summed E-state index contributed by atoms with van der Waals surface area (Å²) in [6, 6.07) is 21.7. The fourth-order valence-corrected chi connectivity index (χ4v) is 5.67. The summed E-state index contributed by atoms with van der Waals surface area (Å²) in [5.41, 5.74) is 6.83. The first-order valence-corrected chi connectivity index (χ1v) is 13.9. The molecule has 1 aliphatic rings. The van der Waals surface area contributed by atoms with Crippen LogP contribution in [0.5, 0.6) is 5.75 Å². The number of nitrogens with zero attached hydrogens (tertiary/aromatic N) is 3. The van der Waals surface area contributed by atoms with Crippen LogP contribution in [0.2, 0.25) is 0 Å². The van der Waals surface area contributed by atoms with Gasteiger partial charge < -0.3 is 4.74 Å². The summed E-state index contributed by atoms with van der Waals surface area (Å²) < 4.78 is 12.5. The molecule has 0 atom stereocenters. The summed E-state index contributed by atoms with van der Waals surface area (Å²) >= 11 is 0. The van der Waals surface area contributed by atoms with Crippen LogP contribution in [0, 0.1) is 6.92 Å². The van der Waals surface area contributed by atoms with Gasteiger partial charge in [-0.05, 0) is 62.1 Å². The molecule has 1 radical (unpaired) electrons. The van der Waals surface area contributed by atoms with Crippen molar-refractivity contribution in [2.45, 2.75) is 59.0 Å². The average Bonchev–Trinajstić information content (AvgIpc) is 3.52. The molecule has 8 nitrogen and oxygen atoms in total. The molecule has 9 heteroatoms. The zero-order chi connectivity index (χ0) is 28.7. The number of ether oxygens (including phenoxy) is 1. The smallest absolute Gasteiger partial charge is 0.439 e. The molecule has 1 N–H and O–H groups in total. The number of aromatic amines is 1. The van der Waals surface area contributed by atoms with Gasteiger partial charge in [0.15, 0.2) is 5.82 Å². The third-order valence-electron chi connectivity index (χ3n) is 7.49. The van der Waals surface area contributed by atoms with E-state index < -0.39 is 5.76 Å². The second-order valence-corrected chi connectivity index (χ2v) is 11.2. The third kappa shape index (κ3) is 6.02. The summed E-state index contributed by atoms with van der Waals surface area (Å²) in [7, 11) is 0. The van der Waals surface area contributed by atoms with E-state index in [2.05, 4.69) is 37.0 Å². The quantitative estimate of drug-likeness (QED) is 0.255. The van der Waals surface area contributed by atoms with Crippen LogP contribution in [0.4, 0.5) is 0 Å². The SMILES string of the molecule is CCCc1nc(C)n(-c2ccc3c(c2)CC(C)(C)O3)c(=O)c1Cc1ccc(-c2ccccc2-c2noc(=O)[nH]2)cc1.[K]. The Hall–Kier alpha value is -3.08. The normalized spacial score (nSPS) is 13.3. The van der Waals surface area contributed by atoms with Gasteiger partial charge in [0, 0.05) is 80.9 Å². The Morgan fingerprint density at radius 1 is 1.00 bits per heavy atom. The summed E-state index contributed by atoms with van der Waals surface area (Å²) in [4.78, 5) is 33.1. The number of aryl methyl sites for hydroxylation is 2. The molecule has 0 saturated heterocycles. The second-order valence-electron chi connectivity index (χ2n) is 11.2. The molecule has 0 amide bonds. The van der Waals surface area contributed by atoms with Crippen LogP contribution < -0.4 is 16.1 Å². The summed E-state index contributed by atoms with van der Waals surface area (Å²) in [6.45, 7) is 8.14. The predicted molar refractivity (Wildman–Crippen MR) is 164 cm³/mol. The summed E-state index contributed by atoms with van der Waals surface area (Å²) in [5.74, 6) is 1.34. The Bertz CT molecular complexity index is 1870. The minimum Gasteiger partial charge on any atom is -0.487 e. The monoisotopic (exact) mass is 587 g/mol. The van der Waals surface area contributed by atoms with E-state index in [0.717, 1.165) is 64.2 Å². The van der Waals surface area contributed by atoms with Gasteiger partial charge in [0.25, 0.3) is 5.56 Å². The molecule has 0 bridgehead atoms. The van der Waals surface area contributed by atoms with Gasteiger partial charge in [-0.1, -0.05) is 67.0 Å². The van der Waals surface area contributed by atoms with E-state index in [1.807, 2.05) is 67.6 Å². The first-order valence-electron chi connectivity index (χ1n) is 13.9. The predicted octanol–water partition coefficient (Wildman–Crippen LogP) is 5.43. The number of rotatable bonds is 7. The standard InChI is InChI=1S/C33H32N4O4.K/c1-5-8-28-27(31(38)37(20(2)34-28)24-15-16-29-23(18-24)19-33(3,4)40-29)17-21-11-13-22(14-12-21)25-9-6-7-10-26(25)30-35-32(39)41-36-30;/h6-7,9-16,18H,5,8,17,19H2,1-4H3,(H,35,36,39);. The number of H-pyrrole nitrogens is 1. The van der Waals surface area contributed by atoms with Gasteiger partial charge in [-0.15, -0.1) is 0 Å². The molecule has 2 aromatic heterocycles. The maximum Gasteiger partial charge on any atom is 0.439 e. The summed E-state index contributed by atoms with van der Waals surface area (Å²) in [5, 5.41) is 3.85. The molecule has 0 fully saturated rings. The fraction of sp³-hybridized carbons (Fsp3) is 0.273. The average molecular weight is 588 g/mol. The largest absolute Gasteiger partial charge is 0.487 e. The maximum absolute atomic E-state index is 14.1. The van der Waals surface area contributed by atoms with Crippen LogP contribution in [-0.4, -0.2) is 76.7 Å². The molecule has 5 aromatic rings. The van der Waals surface area contributed by atoms with Gasteiger partial charge >= 0.3 is 5.76 Å². The van der Waals surface area contributed by atoms with Crippen molar-refractivity contribution in [2.24, 2.45) is 0 Å². The van der Waals surface area contributed by atoms with Crippen molar-refractivity contribution in [3.63, 3.8) is 0 Å². The van der Waals surface area contributed by atoms with Gasteiger partial charge in [-0.2, -0.15) is 0 Å². The Morgan fingerprint density at radius 2 is 1.74 bits per heavy atom. The van der Waals surface area contributed by atoms with Crippen molar-refractivity contribution in [3.8, 4) is 34.0 Å². The number of aromatic nitrogens is 4. The van der Waals surface area contributed by atoms with E-state index in [4.69, 9.17) is 14.2 Å². The molecular formula is C33H32KN4O4. The van der Waals surface area contributed by atoms with Crippen molar-refractivity contribution in [2.75, 3.05) is 0 Å². The van der Waals surface area contributed by atoms with E-state index in [1.54, 1.807) is 4.57 Å². The zero-order valence-corrected chi connectivity index (χ0v) is 27.8. The second kappa shape index (κ2) is 12.3. The minimum absolute atomic E-state index is 0. The van der Waals surface area contributed by atoms with E-state index in [-0.39, 0.29) is 62.5 Å². The maximum atomic E-state index is 14.1. The van der Waals surface area contributed by atoms with Crippen LogP contribution in [0.25, 0.3) is 28.2 Å². The van der Waals surface area contributed by atoms with E-state index in [9.17, 15) is 9.59 Å². The van der Waals surface area contributed by atoms with Crippen molar-refractivity contribution in [1.82, 2.24) is 19.7 Å². The van der Waals surface area contributed by atoms with Gasteiger partial charge in [0.1, 0.15) is 17.2 Å². The van der Waals surface area contributed by atoms with Crippen molar-refractivity contribution < 1.29 is 9.26 Å². The number of benzene rings is 3. The van der Waals surface area contributed by atoms with Crippen LogP contribution in [0.1, 0.15) is 55.4 Å². The van der Waals surface area contributed by atoms with Gasteiger partial charge in [-0.25, -0.2) is 9.78 Å². The number of hydrogen-bond donors (Lipinski definition) is 1. The molecule has 209 valence electrons. The Balaban J connectivity index is 0.00000353. The number of fused-ring (bicyclic) bond motifs is 1. The molecule has 3 aromatic carbocycles. The molecule has 0 spiro atoms. The first kappa shape index (κ1) is 30.4. The van der Waals surface area contributed by atoms with Crippen molar-refractivity contribution in [1.29, 1.82) is 0 Å². The van der Waals surface area contributed by atoms with E-state index in [0.29, 0.717) is 23.6 Å². The molecule has 0 saturated carbocycles. The zero-order valence-electron chi connectivity index (χ0n) is 24.7. The molecule has 0 aliphatic carbocycles. The number of nitrogens with one attached hydrogen (secondary N) is 1. The first-order chi connectivity index (χ1) is 19.7. The molecular weight excluding hydrogens is 555 g/mol. The van der Waals surface area contributed by atoms with E-state index >= 15 is 0 Å². The fourth-order valence-electron chi connectivity index (χ4n) is 5.67. The van der Waals surface area contributed by atoms with Gasteiger partial charge in [0.2, 0.25) is 0 Å².